The molecular formula is C11H18N4OS. The molecule has 1 aliphatic rings. The molecule has 1 saturated heterocycles. The minimum Gasteiger partial charge on any atom is -0.409 e. The predicted octanol–water partition coefficient (Wildman–Crippen LogP) is 1.41. The van der Waals surface area contributed by atoms with Gasteiger partial charge >= 0.3 is 0 Å². The van der Waals surface area contributed by atoms with E-state index in [4.69, 9.17) is 10.9 Å². The number of oxime groups is 1. The Morgan fingerprint density at radius 2 is 2.59 bits per heavy atom. The Labute approximate surface area is 105 Å². The maximum absolute atomic E-state index is 8.70. The van der Waals surface area contributed by atoms with Crippen molar-refractivity contribution < 1.29 is 5.21 Å². The van der Waals surface area contributed by atoms with E-state index in [0.29, 0.717) is 5.84 Å². The van der Waals surface area contributed by atoms with Gasteiger partial charge in [0.15, 0.2) is 0 Å². The lowest BCUT2D eigenvalue weighted by Crippen LogP contribution is -2.40. The van der Waals surface area contributed by atoms with E-state index in [1.165, 1.54) is 0 Å². The van der Waals surface area contributed by atoms with Crippen LogP contribution in [-0.2, 0) is 6.54 Å². The second kappa shape index (κ2) is 5.46. The first-order chi connectivity index (χ1) is 8.19. The average Bonchev–Trinajstić information content (AvgIpc) is 2.74. The summed E-state index contributed by atoms with van der Waals surface area (Å²) in [4.78, 5) is 6.78. The third kappa shape index (κ3) is 3.17. The van der Waals surface area contributed by atoms with Crippen LogP contribution in [0.2, 0.25) is 0 Å². The van der Waals surface area contributed by atoms with E-state index >= 15 is 0 Å². The van der Waals surface area contributed by atoms with Gasteiger partial charge in [0.05, 0.1) is 10.7 Å². The Morgan fingerprint density at radius 1 is 1.76 bits per heavy atom. The highest BCUT2D eigenvalue weighted by Gasteiger charge is 2.23. The summed E-state index contributed by atoms with van der Waals surface area (Å²) in [5, 5.41) is 15.0. The lowest BCUT2D eigenvalue weighted by Gasteiger charge is -2.31. The molecule has 1 unspecified atom stereocenters. The molecule has 0 aromatic carbocycles. The van der Waals surface area contributed by atoms with E-state index in [0.717, 1.165) is 43.2 Å². The molecule has 3 N–H and O–H groups in total. The number of likely N-dealkylation sites (tertiary alicyclic amines) is 1. The van der Waals surface area contributed by atoms with Gasteiger partial charge in [-0.2, -0.15) is 0 Å². The highest BCUT2D eigenvalue weighted by molar-refractivity contribution is 7.09. The number of nitrogens with zero attached hydrogens (tertiary/aromatic N) is 3. The molecule has 0 amide bonds. The van der Waals surface area contributed by atoms with Crippen LogP contribution in [0.1, 0.15) is 23.5 Å². The highest BCUT2D eigenvalue weighted by atomic mass is 32.1. The van der Waals surface area contributed by atoms with Gasteiger partial charge in [0.25, 0.3) is 0 Å². The van der Waals surface area contributed by atoms with Gasteiger partial charge in [-0.1, -0.05) is 5.16 Å². The van der Waals surface area contributed by atoms with E-state index in [1.54, 1.807) is 11.3 Å². The van der Waals surface area contributed by atoms with Gasteiger partial charge in [-0.3, -0.25) is 4.90 Å². The second-order valence-corrected chi connectivity index (χ2v) is 5.52. The number of amidine groups is 1. The zero-order chi connectivity index (χ0) is 12.3. The summed E-state index contributed by atoms with van der Waals surface area (Å²) >= 11 is 1.68. The zero-order valence-electron chi connectivity index (χ0n) is 9.96. The summed E-state index contributed by atoms with van der Waals surface area (Å²) in [6.45, 7) is 4.79. The lowest BCUT2D eigenvalue weighted by molar-refractivity contribution is 0.191. The molecule has 0 saturated carbocycles. The van der Waals surface area contributed by atoms with Crippen molar-refractivity contribution in [2.24, 2.45) is 16.8 Å². The fraction of sp³-hybridized carbons (Fsp3) is 0.636. The van der Waals surface area contributed by atoms with E-state index in [-0.39, 0.29) is 5.92 Å². The number of thiazole rings is 1. The van der Waals surface area contributed by atoms with Crippen LogP contribution in [0.4, 0.5) is 0 Å². The molecule has 0 spiro atoms. The molecule has 17 heavy (non-hydrogen) atoms. The standard InChI is InChI=1S/C11H18N4OS/c1-8-13-10(7-17-8)6-15-4-2-3-9(5-15)11(12)14-16/h7,9,16H,2-6H2,1H3,(H2,12,14). The Balaban J connectivity index is 1.93. The highest BCUT2D eigenvalue weighted by Crippen LogP contribution is 2.19. The monoisotopic (exact) mass is 254 g/mol. The van der Waals surface area contributed by atoms with Crippen LogP contribution in [0.3, 0.4) is 0 Å². The molecule has 1 atom stereocenters. The maximum atomic E-state index is 8.70. The molecule has 0 aliphatic carbocycles. The molecule has 6 heteroatoms. The molecule has 1 aliphatic heterocycles. The van der Waals surface area contributed by atoms with E-state index in [2.05, 4.69) is 20.4 Å². The van der Waals surface area contributed by atoms with Crippen LogP contribution in [-0.4, -0.2) is 34.0 Å². The number of aromatic nitrogens is 1. The molecule has 2 rings (SSSR count). The molecule has 2 heterocycles. The van der Waals surface area contributed by atoms with Crippen molar-refractivity contribution in [2.75, 3.05) is 13.1 Å². The van der Waals surface area contributed by atoms with Crippen molar-refractivity contribution in [1.82, 2.24) is 9.88 Å². The van der Waals surface area contributed by atoms with Crippen LogP contribution >= 0.6 is 11.3 Å². The second-order valence-electron chi connectivity index (χ2n) is 4.46. The van der Waals surface area contributed by atoms with Crippen LogP contribution in [0.15, 0.2) is 10.5 Å². The molecule has 0 radical (unpaired) electrons. The first-order valence-electron chi connectivity index (χ1n) is 5.80. The summed E-state index contributed by atoms with van der Waals surface area (Å²) in [6.07, 6.45) is 2.09. The Kier molecular flexibility index (Phi) is 3.96. The lowest BCUT2D eigenvalue weighted by atomic mass is 9.97. The quantitative estimate of drug-likeness (QED) is 0.370. The van der Waals surface area contributed by atoms with Crippen LogP contribution < -0.4 is 5.73 Å². The van der Waals surface area contributed by atoms with Gasteiger partial charge in [-0.25, -0.2) is 4.98 Å². The third-order valence-corrected chi connectivity index (χ3v) is 3.91. The molecule has 1 aromatic rings. The van der Waals surface area contributed by atoms with E-state index < -0.39 is 0 Å². The topological polar surface area (TPSA) is 74.7 Å². The average molecular weight is 254 g/mol. The number of hydrogen-bond acceptors (Lipinski definition) is 5. The number of aryl methyl sites for hydroxylation is 1. The van der Waals surface area contributed by atoms with Gasteiger partial charge in [0.2, 0.25) is 0 Å². The van der Waals surface area contributed by atoms with Crippen molar-refractivity contribution in [3.8, 4) is 0 Å². The normalized spacial score (nSPS) is 22.9. The number of nitrogens with two attached hydrogens (primary N) is 1. The maximum Gasteiger partial charge on any atom is 0.143 e. The SMILES string of the molecule is Cc1nc(CN2CCCC(C(N)=NO)C2)cs1. The first-order valence-corrected chi connectivity index (χ1v) is 6.68. The molecule has 94 valence electrons. The zero-order valence-corrected chi connectivity index (χ0v) is 10.8. The molecule has 0 bridgehead atoms. The smallest absolute Gasteiger partial charge is 0.143 e. The molecule has 5 nitrogen and oxygen atoms in total. The van der Waals surface area contributed by atoms with Crippen LogP contribution in [0.25, 0.3) is 0 Å². The fourth-order valence-electron chi connectivity index (χ4n) is 2.23. The summed E-state index contributed by atoms with van der Waals surface area (Å²) in [7, 11) is 0. The van der Waals surface area contributed by atoms with Crippen molar-refractivity contribution in [2.45, 2.75) is 26.3 Å². The number of piperidine rings is 1. The van der Waals surface area contributed by atoms with Gasteiger partial charge in [-0.15, -0.1) is 11.3 Å². The minimum atomic E-state index is 0.175. The Hall–Kier alpha value is -1.14. The van der Waals surface area contributed by atoms with E-state index in [9.17, 15) is 0 Å². The Morgan fingerprint density at radius 3 is 3.24 bits per heavy atom. The van der Waals surface area contributed by atoms with Gasteiger partial charge in [-0.05, 0) is 26.3 Å². The molecule has 1 fully saturated rings. The van der Waals surface area contributed by atoms with Crippen molar-refractivity contribution in [3.63, 3.8) is 0 Å². The van der Waals surface area contributed by atoms with Gasteiger partial charge in [0.1, 0.15) is 5.84 Å². The largest absolute Gasteiger partial charge is 0.409 e. The summed E-state index contributed by atoms with van der Waals surface area (Å²) in [5.74, 6) is 0.526. The minimum absolute atomic E-state index is 0.175. The predicted molar refractivity (Wildman–Crippen MR) is 68.3 cm³/mol. The van der Waals surface area contributed by atoms with Crippen molar-refractivity contribution in [3.05, 3.63) is 16.1 Å². The number of hydrogen-bond donors (Lipinski definition) is 2. The molecular weight excluding hydrogens is 236 g/mol. The van der Waals surface area contributed by atoms with Crippen LogP contribution in [0.5, 0.6) is 0 Å². The first kappa shape index (κ1) is 12.3. The third-order valence-electron chi connectivity index (χ3n) is 3.09. The van der Waals surface area contributed by atoms with E-state index in [1.807, 2.05) is 6.92 Å². The fourth-order valence-corrected chi connectivity index (χ4v) is 2.84. The van der Waals surface area contributed by atoms with Crippen LogP contribution in [0, 0.1) is 12.8 Å². The van der Waals surface area contributed by atoms with Crippen molar-refractivity contribution >= 4 is 17.2 Å². The summed E-state index contributed by atoms with van der Waals surface area (Å²) in [6, 6.07) is 0. The number of rotatable bonds is 3. The summed E-state index contributed by atoms with van der Waals surface area (Å²) < 4.78 is 0. The van der Waals surface area contributed by atoms with Crippen molar-refractivity contribution in [1.29, 1.82) is 0 Å². The molecule has 1 aromatic heterocycles. The Bertz CT molecular complexity index is 404. The summed E-state index contributed by atoms with van der Waals surface area (Å²) in [5.41, 5.74) is 6.79. The van der Waals surface area contributed by atoms with Gasteiger partial charge < -0.3 is 10.9 Å². The van der Waals surface area contributed by atoms with Gasteiger partial charge in [0, 0.05) is 24.4 Å².